The minimum Gasteiger partial charge on any atom is -0.481 e. The lowest BCUT2D eigenvalue weighted by atomic mass is 10.0. The fourth-order valence-electron chi connectivity index (χ4n) is 2.71. The van der Waals surface area contributed by atoms with E-state index >= 15 is 0 Å². The van der Waals surface area contributed by atoms with Gasteiger partial charge in [0.05, 0.1) is 19.1 Å². The molecule has 1 aliphatic heterocycles. The monoisotopic (exact) mass is 272 g/mol. The lowest BCUT2D eigenvalue weighted by molar-refractivity contribution is 0.393. The molecule has 0 spiro atoms. The first-order valence-electron chi connectivity index (χ1n) is 7.09. The van der Waals surface area contributed by atoms with Gasteiger partial charge in [-0.15, -0.1) is 0 Å². The van der Waals surface area contributed by atoms with Crippen LogP contribution in [0.15, 0.2) is 30.9 Å². The quantitative estimate of drug-likeness (QED) is 0.926. The summed E-state index contributed by atoms with van der Waals surface area (Å²) >= 11 is 0. The number of ether oxygens (including phenoxy) is 1. The second-order valence-electron chi connectivity index (χ2n) is 5.16. The van der Waals surface area contributed by atoms with Gasteiger partial charge in [-0.05, 0) is 31.0 Å². The molecule has 20 heavy (non-hydrogen) atoms. The first-order chi connectivity index (χ1) is 9.86. The van der Waals surface area contributed by atoms with Crippen molar-refractivity contribution in [2.24, 2.45) is 0 Å². The number of pyridine rings is 1. The highest BCUT2D eigenvalue weighted by Crippen LogP contribution is 2.23. The third kappa shape index (κ3) is 2.82. The Morgan fingerprint density at radius 1 is 1.45 bits per heavy atom. The molecule has 1 saturated heterocycles. The number of rotatable bonds is 4. The van der Waals surface area contributed by atoms with Gasteiger partial charge >= 0.3 is 0 Å². The van der Waals surface area contributed by atoms with E-state index in [1.54, 1.807) is 13.3 Å². The van der Waals surface area contributed by atoms with Gasteiger partial charge in [-0.2, -0.15) is 0 Å². The molecule has 5 heteroatoms. The smallest absolute Gasteiger partial charge is 0.213 e. The van der Waals surface area contributed by atoms with Crippen LogP contribution in [0.5, 0.6) is 5.88 Å². The molecule has 2 aromatic heterocycles. The van der Waals surface area contributed by atoms with E-state index in [1.807, 2.05) is 24.7 Å². The van der Waals surface area contributed by atoms with Crippen molar-refractivity contribution in [1.82, 2.24) is 19.9 Å². The summed E-state index contributed by atoms with van der Waals surface area (Å²) in [5.41, 5.74) is 2.44. The van der Waals surface area contributed by atoms with E-state index in [9.17, 15) is 0 Å². The maximum absolute atomic E-state index is 5.17. The highest BCUT2D eigenvalue weighted by Gasteiger charge is 2.18. The molecule has 1 fully saturated rings. The Morgan fingerprint density at radius 2 is 2.40 bits per heavy atom. The fraction of sp³-hybridized carbons (Fsp3) is 0.467. The van der Waals surface area contributed by atoms with Crippen molar-refractivity contribution in [2.45, 2.75) is 31.8 Å². The molecule has 0 saturated carbocycles. The minimum absolute atomic E-state index is 0.426. The Balaban J connectivity index is 1.78. The summed E-state index contributed by atoms with van der Waals surface area (Å²) in [7, 11) is 1.64. The number of aromatic nitrogens is 3. The molecule has 106 valence electrons. The van der Waals surface area contributed by atoms with Crippen molar-refractivity contribution in [3.63, 3.8) is 0 Å². The van der Waals surface area contributed by atoms with E-state index < -0.39 is 0 Å². The van der Waals surface area contributed by atoms with Gasteiger partial charge in [0.25, 0.3) is 0 Å². The molecule has 0 aromatic carbocycles. The minimum atomic E-state index is 0.426. The topological polar surface area (TPSA) is 52.0 Å². The summed E-state index contributed by atoms with van der Waals surface area (Å²) in [6.07, 6.45) is 9.40. The molecule has 3 rings (SSSR count). The zero-order chi connectivity index (χ0) is 13.8. The molecular formula is C15H20N4O. The standard InChI is InChI=1S/C15H20N4O/c1-20-15-8-12(5-7-18-15)10-19-11-16-9-14(19)13-4-2-3-6-17-13/h5,7-9,11,13,17H,2-4,6,10H2,1H3. The number of nitrogens with zero attached hydrogens (tertiary/aromatic N) is 3. The van der Waals surface area contributed by atoms with Crippen molar-refractivity contribution in [3.8, 4) is 5.88 Å². The van der Waals surface area contributed by atoms with Gasteiger partial charge in [0.15, 0.2) is 0 Å². The van der Waals surface area contributed by atoms with E-state index in [4.69, 9.17) is 4.74 Å². The molecular weight excluding hydrogens is 252 g/mol. The Bertz CT molecular complexity index is 561. The van der Waals surface area contributed by atoms with Crippen molar-refractivity contribution >= 4 is 0 Å². The molecule has 1 N–H and O–H groups in total. The normalized spacial score (nSPS) is 18.9. The number of hydrogen-bond donors (Lipinski definition) is 1. The van der Waals surface area contributed by atoms with E-state index in [0.717, 1.165) is 13.1 Å². The van der Waals surface area contributed by atoms with Gasteiger partial charge in [0.2, 0.25) is 5.88 Å². The van der Waals surface area contributed by atoms with Crippen LogP contribution < -0.4 is 10.1 Å². The van der Waals surface area contributed by atoms with Crippen LogP contribution in [0, 0.1) is 0 Å². The van der Waals surface area contributed by atoms with E-state index in [-0.39, 0.29) is 0 Å². The number of hydrogen-bond acceptors (Lipinski definition) is 4. The molecule has 0 radical (unpaired) electrons. The second kappa shape index (κ2) is 6.05. The average molecular weight is 272 g/mol. The van der Waals surface area contributed by atoms with Gasteiger partial charge in [0, 0.05) is 31.0 Å². The van der Waals surface area contributed by atoms with Crippen molar-refractivity contribution in [2.75, 3.05) is 13.7 Å². The van der Waals surface area contributed by atoms with Crippen molar-refractivity contribution < 1.29 is 4.74 Å². The van der Waals surface area contributed by atoms with Crippen LogP contribution in [0.4, 0.5) is 0 Å². The third-order valence-corrected chi connectivity index (χ3v) is 3.77. The highest BCUT2D eigenvalue weighted by molar-refractivity contribution is 5.21. The first kappa shape index (κ1) is 13.1. The summed E-state index contributed by atoms with van der Waals surface area (Å²) in [5, 5.41) is 3.57. The fourth-order valence-corrected chi connectivity index (χ4v) is 2.71. The molecule has 2 aromatic rings. The summed E-state index contributed by atoms with van der Waals surface area (Å²) in [4.78, 5) is 8.45. The summed E-state index contributed by atoms with van der Waals surface area (Å²) in [6.45, 7) is 1.89. The highest BCUT2D eigenvalue weighted by atomic mass is 16.5. The predicted molar refractivity (Wildman–Crippen MR) is 76.7 cm³/mol. The Hall–Kier alpha value is -1.88. The average Bonchev–Trinajstić information content (AvgIpc) is 2.96. The molecule has 0 aliphatic carbocycles. The number of methoxy groups -OCH3 is 1. The van der Waals surface area contributed by atoms with E-state index in [1.165, 1.54) is 30.5 Å². The van der Waals surface area contributed by atoms with Crippen LogP contribution in [0.25, 0.3) is 0 Å². The van der Waals surface area contributed by atoms with Crippen LogP contribution in [0.3, 0.4) is 0 Å². The predicted octanol–water partition coefficient (Wildman–Crippen LogP) is 2.15. The van der Waals surface area contributed by atoms with Crippen molar-refractivity contribution in [1.29, 1.82) is 0 Å². The van der Waals surface area contributed by atoms with Crippen LogP contribution in [-0.4, -0.2) is 28.2 Å². The summed E-state index contributed by atoms with van der Waals surface area (Å²) < 4.78 is 7.38. The summed E-state index contributed by atoms with van der Waals surface area (Å²) in [6, 6.07) is 4.41. The number of imidazole rings is 1. The van der Waals surface area contributed by atoms with Gasteiger partial charge in [0.1, 0.15) is 0 Å². The van der Waals surface area contributed by atoms with Crippen LogP contribution in [0.2, 0.25) is 0 Å². The SMILES string of the molecule is COc1cc(Cn2cncc2C2CCCCN2)ccn1. The first-order valence-corrected chi connectivity index (χ1v) is 7.09. The Kier molecular flexibility index (Phi) is 3.97. The Labute approximate surface area is 119 Å². The zero-order valence-electron chi connectivity index (χ0n) is 11.7. The molecule has 5 nitrogen and oxygen atoms in total. The largest absolute Gasteiger partial charge is 0.481 e. The summed E-state index contributed by atoms with van der Waals surface area (Å²) in [5.74, 6) is 0.653. The van der Waals surface area contributed by atoms with Gasteiger partial charge in [-0.1, -0.05) is 6.42 Å². The van der Waals surface area contributed by atoms with Gasteiger partial charge in [-0.3, -0.25) is 0 Å². The third-order valence-electron chi connectivity index (χ3n) is 3.77. The van der Waals surface area contributed by atoms with E-state index in [0.29, 0.717) is 11.9 Å². The molecule has 1 aliphatic rings. The molecule has 0 amide bonds. The lowest BCUT2D eigenvalue weighted by Crippen LogP contribution is -2.28. The van der Waals surface area contributed by atoms with E-state index in [2.05, 4.69) is 19.9 Å². The molecule has 1 unspecified atom stereocenters. The lowest BCUT2D eigenvalue weighted by Gasteiger charge is -2.24. The van der Waals surface area contributed by atoms with Gasteiger partial charge in [-0.25, -0.2) is 9.97 Å². The molecule has 3 heterocycles. The maximum Gasteiger partial charge on any atom is 0.213 e. The Morgan fingerprint density at radius 3 is 3.20 bits per heavy atom. The molecule has 1 atom stereocenters. The number of piperidine rings is 1. The van der Waals surface area contributed by atoms with Crippen LogP contribution in [-0.2, 0) is 6.54 Å². The maximum atomic E-state index is 5.17. The van der Waals surface area contributed by atoms with Gasteiger partial charge < -0.3 is 14.6 Å². The molecule has 0 bridgehead atoms. The van der Waals surface area contributed by atoms with Crippen molar-refractivity contribution in [3.05, 3.63) is 42.1 Å². The zero-order valence-corrected chi connectivity index (χ0v) is 11.7. The van der Waals surface area contributed by atoms with Crippen LogP contribution >= 0.6 is 0 Å². The van der Waals surface area contributed by atoms with Crippen LogP contribution in [0.1, 0.15) is 36.6 Å². The number of nitrogens with one attached hydrogen (secondary N) is 1. The second-order valence-corrected chi connectivity index (χ2v) is 5.16.